The van der Waals surface area contributed by atoms with Crippen molar-refractivity contribution in [3.63, 3.8) is 0 Å². The van der Waals surface area contributed by atoms with Gasteiger partial charge in [0.05, 0.1) is 6.61 Å². The molecule has 0 saturated carbocycles. The molecule has 11 atom stereocenters. The van der Waals surface area contributed by atoms with Crippen molar-refractivity contribution in [3.8, 4) is 5.75 Å². The second-order valence-electron chi connectivity index (χ2n) is 29.3. The fraction of sp³-hybridized carbons (Fsp3) is 0.506. The largest absolute Gasteiger partial charge is 0.508 e. The first-order valence-corrected chi connectivity index (χ1v) is 40.6. The van der Waals surface area contributed by atoms with Crippen LogP contribution in [-0.2, 0) is 83.2 Å². The van der Waals surface area contributed by atoms with Gasteiger partial charge in [-0.05, 0) is 169 Å². The number of aliphatic hydroxyl groups excluding tert-OH is 1. The van der Waals surface area contributed by atoms with Gasteiger partial charge in [-0.25, -0.2) is 0 Å². The molecule has 0 unspecified atom stereocenters. The molecule has 1 aliphatic heterocycles. The number of carbonyl (C=O) groups is 12. The van der Waals surface area contributed by atoms with Crippen LogP contribution in [0, 0.1) is 5.92 Å². The molecule has 1 aliphatic rings. The number of phenols is 1. The number of aromatic hydroxyl groups is 1. The minimum atomic E-state index is -1.83. The fourth-order valence-corrected chi connectivity index (χ4v) is 13.2. The Balaban J connectivity index is 1.29. The van der Waals surface area contributed by atoms with Crippen molar-refractivity contribution in [3.05, 3.63) is 143 Å². The molecule has 12 amide bonds. The van der Waals surface area contributed by atoms with Gasteiger partial charge in [0.2, 0.25) is 70.9 Å². The third kappa shape index (κ3) is 32.3. The molecule has 2 heterocycles. The van der Waals surface area contributed by atoms with E-state index in [0.29, 0.717) is 97.6 Å². The number of aromatic nitrogens is 1. The van der Waals surface area contributed by atoms with Gasteiger partial charge in [-0.3, -0.25) is 72.5 Å². The third-order valence-corrected chi connectivity index (χ3v) is 19.5. The summed E-state index contributed by atoms with van der Waals surface area (Å²) < 4.78 is 0. The lowest BCUT2D eigenvalue weighted by Crippen LogP contribution is -2.61. The van der Waals surface area contributed by atoms with Gasteiger partial charge in [-0.1, -0.05) is 98.2 Å². The molecule has 0 spiro atoms. The van der Waals surface area contributed by atoms with Crippen LogP contribution < -0.4 is 80.2 Å². The van der Waals surface area contributed by atoms with E-state index in [0.717, 1.165) is 10.8 Å². The highest BCUT2D eigenvalue weighted by Gasteiger charge is 2.41. The van der Waals surface area contributed by atoms with E-state index in [9.17, 15) is 53.4 Å². The van der Waals surface area contributed by atoms with Gasteiger partial charge in [0.1, 0.15) is 72.2 Å². The lowest BCUT2D eigenvalue weighted by atomic mass is 9.99. The van der Waals surface area contributed by atoms with Crippen LogP contribution in [0.25, 0.3) is 10.8 Å². The standard InChI is InChI=1S/C83H118ClN19O14/c1-10-87-82(88-11-2)91-39-18-16-25-62(73(109)98-64(42-50(5)6)74(110)97-63(26-17-19-40-92-83(89-12-3)90-13-4)81(117)103-41-21-27-70(103)80(116)94-52(8)72(108)93-51(7)71(85)107)96-76(112)66(45-55-31-36-61(106)37-32-55)101-79(115)69(49-104)102-78(114)68(47-57-22-20-38-86-48-57)100-77(113)67(44-54-29-34-60(84)35-30-54)99-75(111)65(95-53(9)105)46-56-28-33-58-23-14-15-24-59(58)43-56/h14-15,20,22-24,28-38,43,48,50-52,62-70,104,106H,10-13,16-19,21,25-27,39-42,44-47,49H2,1-9H3,(H2,85,107)(H,93,108)(H,94,116)(H,95,105)(H,96,112)(H,97,110)(H,98,109)(H,99,111)(H,100,113)(H,101,115)(H,102,114)(H2,87,88,91)(H2,89,90,92)/t51-,52-,62-,63+,64+,65-,66+,67-,68-,69+,70+/m1/s1. The summed E-state index contributed by atoms with van der Waals surface area (Å²) >= 11 is 6.27. The summed E-state index contributed by atoms with van der Waals surface area (Å²) in [6, 6.07) is 13.8. The predicted octanol–water partition coefficient (Wildman–Crippen LogP) is 1.78. The highest BCUT2D eigenvalue weighted by Crippen LogP contribution is 2.23. The number of hydrogen-bond donors (Lipinski definition) is 17. The molecular formula is C83H118ClN19O14. The number of primary amides is 1. The predicted molar refractivity (Wildman–Crippen MR) is 446 cm³/mol. The number of aliphatic hydroxyl groups is 1. The van der Waals surface area contributed by atoms with Crippen LogP contribution in [-0.4, -0.2) is 222 Å². The number of fused-ring (bicyclic) bond motifs is 1. The second kappa shape index (κ2) is 49.4. The number of aliphatic imine (C=N–C) groups is 2. The number of nitrogens with two attached hydrogens (primary N) is 1. The molecule has 5 aromatic rings. The number of carbonyl (C=O) groups excluding carboxylic acids is 12. The van der Waals surface area contributed by atoms with Crippen molar-refractivity contribution in [1.82, 2.24) is 84.3 Å². The number of rotatable bonds is 46. The molecule has 117 heavy (non-hydrogen) atoms. The maximum absolute atomic E-state index is 15.2. The monoisotopic (exact) mass is 1640 g/mol. The van der Waals surface area contributed by atoms with E-state index in [2.05, 4.69) is 89.4 Å². The molecule has 1 aromatic heterocycles. The fourth-order valence-electron chi connectivity index (χ4n) is 13.1. The Morgan fingerprint density at radius 1 is 0.496 bits per heavy atom. The van der Waals surface area contributed by atoms with Gasteiger partial charge in [0.15, 0.2) is 11.9 Å². The van der Waals surface area contributed by atoms with Crippen LogP contribution >= 0.6 is 11.6 Å². The zero-order valence-corrected chi connectivity index (χ0v) is 69.0. The maximum Gasteiger partial charge on any atom is 0.245 e. The van der Waals surface area contributed by atoms with Gasteiger partial charge >= 0.3 is 0 Å². The minimum Gasteiger partial charge on any atom is -0.508 e. The van der Waals surface area contributed by atoms with Gasteiger partial charge < -0.3 is 95.3 Å². The van der Waals surface area contributed by atoms with Crippen molar-refractivity contribution in [2.75, 3.05) is 52.4 Å². The summed E-state index contributed by atoms with van der Waals surface area (Å²) in [6.45, 7) is 17.5. The topological polar surface area (TPSA) is 481 Å². The van der Waals surface area contributed by atoms with Gasteiger partial charge in [-0.15, -0.1) is 0 Å². The molecule has 0 radical (unpaired) electrons. The van der Waals surface area contributed by atoms with Crippen molar-refractivity contribution in [1.29, 1.82) is 0 Å². The van der Waals surface area contributed by atoms with Gasteiger partial charge in [0, 0.05) is 95.8 Å². The Kier molecular flexibility index (Phi) is 39.9. The Morgan fingerprint density at radius 2 is 0.949 bits per heavy atom. The number of pyridine rings is 1. The summed E-state index contributed by atoms with van der Waals surface area (Å²) in [4.78, 5) is 186. The van der Waals surface area contributed by atoms with Crippen molar-refractivity contribution >= 4 is 105 Å². The minimum absolute atomic E-state index is 0.0235. The Bertz CT molecular complexity index is 4160. The average Bonchev–Trinajstić information content (AvgIpc) is 1.76. The summed E-state index contributed by atoms with van der Waals surface area (Å²) in [5.41, 5.74) is 7.46. The molecule has 6 rings (SSSR count). The number of guanidine groups is 2. The van der Waals surface area contributed by atoms with Crippen LogP contribution in [0.5, 0.6) is 5.75 Å². The van der Waals surface area contributed by atoms with Crippen LogP contribution in [0.2, 0.25) is 5.02 Å². The first kappa shape index (κ1) is 94.4. The maximum atomic E-state index is 15.2. The zero-order chi connectivity index (χ0) is 85.5. The van der Waals surface area contributed by atoms with Gasteiger partial charge in [-0.2, -0.15) is 0 Å². The zero-order valence-electron chi connectivity index (χ0n) is 68.3. The molecule has 34 heteroatoms. The van der Waals surface area contributed by atoms with Crippen molar-refractivity contribution < 1.29 is 67.7 Å². The number of nitrogens with one attached hydrogen (secondary N) is 14. The van der Waals surface area contributed by atoms with Crippen LogP contribution in [0.15, 0.2) is 126 Å². The molecular weight excluding hydrogens is 1520 g/mol. The molecule has 1 fully saturated rings. The summed E-state index contributed by atoms with van der Waals surface area (Å²) in [6.07, 6.45) is 4.45. The lowest BCUT2D eigenvalue weighted by Gasteiger charge is -2.31. The summed E-state index contributed by atoms with van der Waals surface area (Å²) in [5, 5.41) is 63.5. The number of amides is 12. The lowest BCUT2D eigenvalue weighted by molar-refractivity contribution is -0.142. The van der Waals surface area contributed by atoms with E-state index in [-0.39, 0.29) is 82.5 Å². The molecule has 18 N–H and O–H groups in total. The highest BCUT2D eigenvalue weighted by molar-refractivity contribution is 6.30. The molecule has 0 aliphatic carbocycles. The number of benzene rings is 4. The molecule has 4 aromatic carbocycles. The number of nitrogens with zero attached hydrogens (tertiary/aromatic N) is 4. The normalized spacial score (nSPS) is 14.9. The van der Waals surface area contributed by atoms with Crippen molar-refractivity contribution in [2.24, 2.45) is 21.6 Å². The van der Waals surface area contributed by atoms with E-state index < -0.39 is 144 Å². The van der Waals surface area contributed by atoms with Crippen LogP contribution in [0.3, 0.4) is 0 Å². The first-order chi connectivity index (χ1) is 56.0. The number of unbranched alkanes of at least 4 members (excludes halogenated alkanes) is 2. The Labute approximate surface area is 688 Å². The average molecular weight is 1640 g/mol. The smallest absolute Gasteiger partial charge is 0.245 e. The molecule has 0 bridgehead atoms. The third-order valence-electron chi connectivity index (χ3n) is 19.2. The highest BCUT2D eigenvalue weighted by atomic mass is 35.5. The number of phenolic OH excluding ortho intramolecular Hbond substituents is 1. The van der Waals surface area contributed by atoms with Crippen LogP contribution in [0.4, 0.5) is 0 Å². The first-order valence-electron chi connectivity index (χ1n) is 40.2. The SMILES string of the molecule is CCNC(=NCCCC[C@H](NC(=O)[C@H](CC(C)C)NC(=O)[C@@H](CCCCN=C(NCC)NCC)NC(=O)[C@H](Cc1ccc(O)cc1)NC(=O)[C@H](CO)NC(=O)[C@@H](Cc1cccnc1)NC(=O)[C@@H](Cc1ccc(Cl)cc1)NC(=O)[C@@H](Cc1ccc2ccccc2c1)NC(C)=O)C(=O)N1CCC[C@H]1C(=O)N[C@H](C)C(=O)N[C@H](C)C(N)=O)NCC. The molecule has 33 nitrogen and oxygen atoms in total. The van der Waals surface area contributed by atoms with E-state index in [1.54, 1.807) is 36.4 Å². The Hall–Kier alpha value is -11.5. The summed E-state index contributed by atoms with van der Waals surface area (Å²) in [5.74, 6) is -8.68. The van der Waals surface area contributed by atoms with E-state index in [1.165, 1.54) is 62.3 Å². The number of hydrogen-bond acceptors (Lipinski definition) is 17. The van der Waals surface area contributed by atoms with E-state index in [1.807, 2.05) is 84.0 Å². The second-order valence-corrected chi connectivity index (χ2v) is 29.7. The van der Waals surface area contributed by atoms with E-state index in [4.69, 9.17) is 17.3 Å². The number of likely N-dealkylation sites (tertiary alicyclic amines) is 1. The van der Waals surface area contributed by atoms with E-state index >= 15 is 14.4 Å². The van der Waals surface area contributed by atoms with Crippen LogP contribution in [0.1, 0.15) is 142 Å². The summed E-state index contributed by atoms with van der Waals surface area (Å²) in [7, 11) is 0. The molecule has 636 valence electrons. The van der Waals surface area contributed by atoms with Crippen molar-refractivity contribution in [2.45, 2.75) is 212 Å². The molecule has 1 saturated heterocycles. The quantitative estimate of drug-likeness (QED) is 0.0150. The Morgan fingerprint density at radius 3 is 1.46 bits per heavy atom. The van der Waals surface area contributed by atoms with Gasteiger partial charge in [0.25, 0.3) is 0 Å². The number of halogens is 1.